The molecule has 1 atom stereocenters. The number of hydrogen-bond acceptors (Lipinski definition) is 7. The lowest BCUT2D eigenvalue weighted by Gasteiger charge is -2.41. The number of aromatic nitrogens is 2. The van der Waals surface area contributed by atoms with E-state index in [2.05, 4.69) is 49.9 Å². The van der Waals surface area contributed by atoms with Gasteiger partial charge in [-0.15, -0.1) is 0 Å². The first-order valence-corrected chi connectivity index (χ1v) is 15.5. The summed E-state index contributed by atoms with van der Waals surface area (Å²) in [4.78, 5) is 25.6. The van der Waals surface area contributed by atoms with Gasteiger partial charge in [-0.25, -0.2) is 4.79 Å². The molecule has 3 aromatic rings. The predicted octanol–water partition coefficient (Wildman–Crippen LogP) is 7.82. The molecule has 0 spiro atoms. The molecule has 0 aliphatic carbocycles. The molecule has 0 unspecified atom stereocenters. The second-order valence-corrected chi connectivity index (χ2v) is 13.7. The van der Waals surface area contributed by atoms with Crippen molar-refractivity contribution >= 4 is 11.7 Å². The molecule has 7 heteroatoms. The van der Waals surface area contributed by atoms with Crippen molar-refractivity contribution in [2.24, 2.45) is 5.41 Å². The Labute approximate surface area is 258 Å². The first kappa shape index (κ1) is 32.5. The van der Waals surface area contributed by atoms with Crippen LogP contribution in [0.3, 0.4) is 0 Å². The lowest BCUT2D eigenvalue weighted by molar-refractivity contribution is -0.171. The summed E-state index contributed by atoms with van der Waals surface area (Å²) in [6.07, 6.45) is 5.34. The number of piperidine rings is 1. The molecule has 0 bridgehead atoms. The van der Waals surface area contributed by atoms with Crippen molar-refractivity contribution < 1.29 is 19.0 Å². The smallest absolute Gasteiger partial charge is 0.340 e. The highest BCUT2D eigenvalue weighted by Gasteiger charge is 2.37. The lowest BCUT2D eigenvalue weighted by atomic mass is 9.82. The Morgan fingerprint density at radius 2 is 1.74 bits per heavy atom. The van der Waals surface area contributed by atoms with E-state index in [4.69, 9.17) is 24.2 Å². The van der Waals surface area contributed by atoms with Gasteiger partial charge < -0.3 is 19.1 Å². The van der Waals surface area contributed by atoms with Gasteiger partial charge in [0.05, 0.1) is 35.9 Å². The van der Waals surface area contributed by atoms with Gasteiger partial charge >= 0.3 is 5.97 Å². The second kappa shape index (κ2) is 13.5. The molecule has 4 rings (SSSR count). The number of esters is 1. The third-order valence-electron chi connectivity index (χ3n) is 7.77. The number of aryl methyl sites for hydroxylation is 2. The van der Waals surface area contributed by atoms with Crippen molar-refractivity contribution in [1.82, 2.24) is 9.97 Å². The maximum atomic E-state index is 13.6. The van der Waals surface area contributed by atoms with Crippen molar-refractivity contribution in [3.8, 4) is 17.0 Å². The third-order valence-corrected chi connectivity index (χ3v) is 7.77. The maximum Gasteiger partial charge on any atom is 0.340 e. The van der Waals surface area contributed by atoms with Gasteiger partial charge in [0.25, 0.3) is 0 Å². The van der Waals surface area contributed by atoms with Crippen LogP contribution in [-0.2, 0) is 20.7 Å². The number of hydrogen-bond donors (Lipinski definition) is 0. The number of anilines is 1. The molecule has 0 amide bonds. The Bertz CT molecular complexity index is 1380. The van der Waals surface area contributed by atoms with Crippen molar-refractivity contribution in [3.63, 3.8) is 0 Å². The zero-order valence-electron chi connectivity index (χ0n) is 27.5. The zero-order valence-corrected chi connectivity index (χ0v) is 27.5. The number of ether oxygens (including phenoxy) is 3. The van der Waals surface area contributed by atoms with Gasteiger partial charge in [-0.2, -0.15) is 0 Å². The van der Waals surface area contributed by atoms with Crippen LogP contribution in [-0.4, -0.2) is 47.3 Å². The van der Waals surface area contributed by atoms with E-state index >= 15 is 0 Å². The molecule has 1 aliphatic rings. The van der Waals surface area contributed by atoms with Gasteiger partial charge in [-0.3, -0.25) is 9.97 Å². The Morgan fingerprint density at radius 3 is 2.35 bits per heavy atom. The second-order valence-electron chi connectivity index (χ2n) is 13.7. The molecular weight excluding hydrogens is 538 g/mol. The highest BCUT2D eigenvalue weighted by Crippen LogP contribution is 2.43. The minimum absolute atomic E-state index is 0.256. The van der Waals surface area contributed by atoms with Crippen LogP contribution in [0.5, 0.6) is 5.75 Å². The van der Waals surface area contributed by atoms with E-state index in [1.54, 1.807) is 6.20 Å². The fraction of sp³-hybridized carbons (Fsp3) is 0.528. The van der Waals surface area contributed by atoms with Crippen LogP contribution in [0.1, 0.15) is 89.8 Å². The number of carbonyl (C=O) groups is 1. The van der Waals surface area contributed by atoms with E-state index in [1.807, 2.05) is 59.9 Å². The molecule has 3 heterocycles. The summed E-state index contributed by atoms with van der Waals surface area (Å²) < 4.78 is 18.2. The van der Waals surface area contributed by atoms with Crippen LogP contribution in [0.2, 0.25) is 0 Å². The molecule has 1 fully saturated rings. The standard InChI is InChI=1S/C36H49N3O4/c1-24(2)42-34(40)33(43-35(5,6)7)31-26(4)37-23-29(32(31)39-18-16-36(8,9)17-19-39)30-14-13-28(22-38-30)41-20-15-27-12-10-11-25(3)21-27/h10-14,21-24,33H,15-20H2,1-9H3/t33-/m0/s1. The predicted molar refractivity (Wildman–Crippen MR) is 173 cm³/mol. The van der Waals surface area contributed by atoms with E-state index < -0.39 is 17.7 Å². The van der Waals surface area contributed by atoms with Crippen LogP contribution in [0.4, 0.5) is 5.69 Å². The number of rotatable bonds is 10. The number of benzene rings is 1. The van der Waals surface area contributed by atoms with E-state index in [0.29, 0.717) is 12.4 Å². The van der Waals surface area contributed by atoms with E-state index in [0.717, 1.165) is 60.6 Å². The molecule has 7 nitrogen and oxygen atoms in total. The van der Waals surface area contributed by atoms with Gasteiger partial charge in [0.1, 0.15) is 5.75 Å². The minimum atomic E-state index is -0.927. The zero-order chi connectivity index (χ0) is 31.4. The topological polar surface area (TPSA) is 73.8 Å². The number of carbonyl (C=O) groups excluding carboxylic acids is 1. The highest BCUT2D eigenvalue weighted by molar-refractivity contribution is 5.86. The summed E-state index contributed by atoms with van der Waals surface area (Å²) in [5, 5.41) is 0. The monoisotopic (exact) mass is 587 g/mol. The van der Waals surface area contributed by atoms with Crippen LogP contribution < -0.4 is 9.64 Å². The molecule has 2 aromatic heterocycles. The van der Waals surface area contributed by atoms with Gasteiger partial charge in [0.2, 0.25) is 0 Å². The Morgan fingerprint density at radius 1 is 1.02 bits per heavy atom. The lowest BCUT2D eigenvalue weighted by Crippen LogP contribution is -2.39. The van der Waals surface area contributed by atoms with Crippen molar-refractivity contribution in [2.75, 3.05) is 24.6 Å². The molecule has 0 N–H and O–H groups in total. The van der Waals surface area contributed by atoms with E-state index in [-0.39, 0.29) is 11.5 Å². The fourth-order valence-electron chi connectivity index (χ4n) is 5.44. The molecular formula is C36H49N3O4. The Balaban J connectivity index is 1.71. The van der Waals surface area contributed by atoms with Crippen LogP contribution in [0.15, 0.2) is 48.8 Å². The first-order chi connectivity index (χ1) is 20.2. The Kier molecular flexibility index (Phi) is 10.2. The van der Waals surface area contributed by atoms with E-state index in [9.17, 15) is 4.79 Å². The van der Waals surface area contributed by atoms with Gasteiger partial charge in [0, 0.05) is 42.5 Å². The average Bonchev–Trinajstić information content (AvgIpc) is 2.91. The molecule has 232 valence electrons. The normalized spacial score (nSPS) is 15.8. The molecule has 1 aromatic carbocycles. The summed E-state index contributed by atoms with van der Waals surface area (Å²) in [5.74, 6) is 0.309. The van der Waals surface area contributed by atoms with Crippen molar-refractivity contribution in [3.05, 3.63) is 71.2 Å². The highest BCUT2D eigenvalue weighted by atomic mass is 16.6. The molecule has 0 saturated carbocycles. The summed E-state index contributed by atoms with van der Waals surface area (Å²) >= 11 is 0. The van der Waals surface area contributed by atoms with Crippen molar-refractivity contribution in [2.45, 2.75) is 99.4 Å². The maximum absolute atomic E-state index is 13.6. The summed E-state index contributed by atoms with van der Waals surface area (Å²) in [6, 6.07) is 12.4. The van der Waals surface area contributed by atoms with Crippen LogP contribution in [0, 0.1) is 19.3 Å². The molecule has 43 heavy (non-hydrogen) atoms. The van der Waals surface area contributed by atoms with Crippen LogP contribution >= 0.6 is 0 Å². The average molecular weight is 588 g/mol. The van der Waals surface area contributed by atoms with Crippen molar-refractivity contribution in [1.29, 1.82) is 0 Å². The summed E-state index contributed by atoms with van der Waals surface area (Å²) in [5.41, 5.74) is 6.24. The summed E-state index contributed by atoms with van der Waals surface area (Å²) in [6.45, 7) is 20.5. The first-order valence-electron chi connectivity index (χ1n) is 15.5. The molecule has 1 aliphatic heterocycles. The number of pyridine rings is 2. The third kappa shape index (κ3) is 8.79. The van der Waals surface area contributed by atoms with Crippen LogP contribution in [0.25, 0.3) is 11.3 Å². The largest absolute Gasteiger partial charge is 0.492 e. The van der Waals surface area contributed by atoms with Gasteiger partial charge in [0.15, 0.2) is 6.10 Å². The summed E-state index contributed by atoms with van der Waals surface area (Å²) in [7, 11) is 0. The van der Waals surface area contributed by atoms with E-state index in [1.165, 1.54) is 11.1 Å². The Hall–Kier alpha value is -3.45. The molecule has 0 radical (unpaired) electrons. The minimum Gasteiger partial charge on any atom is -0.492 e. The quantitative estimate of drug-likeness (QED) is 0.224. The number of nitrogens with zero attached hydrogens (tertiary/aromatic N) is 3. The van der Waals surface area contributed by atoms with Gasteiger partial charge in [-0.1, -0.05) is 43.7 Å². The fourth-order valence-corrected chi connectivity index (χ4v) is 5.44. The van der Waals surface area contributed by atoms with Gasteiger partial charge in [-0.05, 0) is 84.4 Å². The SMILES string of the molecule is Cc1cccc(CCOc2ccc(-c3cnc(C)c([C@H](OC(C)(C)C)C(=O)OC(C)C)c3N3CCC(C)(C)CC3)nc2)c1. The molecule has 1 saturated heterocycles.